The van der Waals surface area contributed by atoms with E-state index in [0.29, 0.717) is 22.6 Å². The third-order valence-electron chi connectivity index (χ3n) is 13.3. The van der Waals surface area contributed by atoms with E-state index in [1.54, 1.807) is 84.9 Å². The van der Waals surface area contributed by atoms with Crippen LogP contribution in [0.3, 0.4) is 0 Å². The Bertz CT molecular complexity index is 3360. The number of fused-ring (bicyclic) bond motifs is 3. The number of esters is 4. The molecule has 1 aliphatic rings. The lowest BCUT2D eigenvalue weighted by molar-refractivity contribution is -0.108. The number of hydrogen-bond donors (Lipinski definition) is 0. The van der Waals surface area contributed by atoms with Crippen molar-refractivity contribution in [2.45, 2.75) is 30.5 Å². The second-order valence-electron chi connectivity index (χ2n) is 18.3. The minimum atomic E-state index is -1.04. The van der Waals surface area contributed by atoms with Gasteiger partial charge in [0.25, 0.3) is 0 Å². The molecule has 0 saturated carbocycles. The molecule has 2 unspecified atom stereocenters. The van der Waals surface area contributed by atoms with Gasteiger partial charge in [-0.2, -0.15) is 0 Å². The van der Waals surface area contributed by atoms with Crippen molar-refractivity contribution in [2.24, 2.45) is 0 Å². The molecule has 12 heteroatoms. The van der Waals surface area contributed by atoms with Crippen LogP contribution in [-0.4, -0.2) is 75.1 Å². The lowest BCUT2D eigenvalue weighted by Crippen LogP contribution is -2.31. The van der Waals surface area contributed by atoms with Crippen molar-refractivity contribution < 1.29 is 57.2 Å². The van der Waals surface area contributed by atoms with Crippen LogP contribution in [0.4, 0.5) is 0 Å². The molecular formula is C67H50O12. The normalized spacial score (nSPS) is 12.4. The van der Waals surface area contributed by atoms with Crippen molar-refractivity contribution in [1.82, 2.24) is 0 Å². The zero-order valence-electron chi connectivity index (χ0n) is 42.6. The number of ether oxygens (including phenoxy) is 6. The van der Waals surface area contributed by atoms with Crippen LogP contribution in [-0.2, 0) is 46.8 Å². The van der Waals surface area contributed by atoms with E-state index in [-0.39, 0.29) is 61.5 Å². The van der Waals surface area contributed by atoms with Crippen LogP contribution in [0, 0.1) is 24.7 Å². The summed E-state index contributed by atoms with van der Waals surface area (Å²) in [5.41, 5.74) is 8.61. The van der Waals surface area contributed by atoms with Crippen molar-refractivity contribution >= 4 is 36.4 Å². The van der Waals surface area contributed by atoms with Crippen LogP contribution in [0.15, 0.2) is 194 Å². The minimum absolute atomic E-state index is 0.178. The maximum atomic E-state index is 13.5. The molecule has 0 aliphatic heterocycles. The van der Waals surface area contributed by atoms with Gasteiger partial charge in [0.1, 0.15) is 50.5 Å². The molecule has 0 spiro atoms. The number of carbonyl (C=O) groups is 6. The van der Waals surface area contributed by atoms with Gasteiger partial charge in [0.05, 0.1) is 27.7 Å². The van der Waals surface area contributed by atoms with E-state index < -0.39 is 41.5 Å². The summed E-state index contributed by atoms with van der Waals surface area (Å²) < 4.78 is 35.6. The average molecular weight is 1050 g/mol. The molecule has 0 N–H and O–H groups in total. The summed E-state index contributed by atoms with van der Waals surface area (Å²) in [7, 11) is 0. The second-order valence-corrected chi connectivity index (χ2v) is 18.3. The van der Waals surface area contributed by atoms with E-state index >= 15 is 0 Å². The number of carbonyl (C=O) groups excluding carboxylic acids is 6. The van der Waals surface area contributed by atoms with E-state index in [1.165, 1.54) is 12.1 Å². The van der Waals surface area contributed by atoms with Crippen molar-refractivity contribution in [2.75, 3.05) is 26.4 Å². The van der Waals surface area contributed by atoms with Gasteiger partial charge in [-0.1, -0.05) is 121 Å². The second kappa shape index (κ2) is 25.0. The summed E-state index contributed by atoms with van der Waals surface area (Å²) in [4.78, 5) is 75.2. The minimum Gasteiger partial charge on any atom is -0.490 e. The maximum Gasteiger partial charge on any atom is 0.338 e. The van der Waals surface area contributed by atoms with Gasteiger partial charge < -0.3 is 38.0 Å². The quantitative estimate of drug-likeness (QED) is 0.0274. The number of aldehydes is 2. The summed E-state index contributed by atoms with van der Waals surface area (Å²) in [6.07, 6.45) is 11.1. The highest BCUT2D eigenvalue weighted by Gasteiger charge is 2.46. The van der Waals surface area contributed by atoms with Crippen molar-refractivity contribution in [1.29, 1.82) is 0 Å². The molecule has 12 nitrogen and oxygen atoms in total. The first-order valence-corrected chi connectivity index (χ1v) is 25.2. The topological polar surface area (TPSA) is 158 Å². The fourth-order valence-electron chi connectivity index (χ4n) is 9.40. The van der Waals surface area contributed by atoms with Crippen LogP contribution in [0.2, 0.25) is 0 Å². The standard InChI is InChI=1S/C67H50O12/c1-3-45-11-9-13-51(39-45)65(72)78-57(43-76-63(70)49-23-19-47(20-24-49)35-37-68)41-74-55-31-27-53(28-32-55)67(61-17-7-5-15-59(61)60-16-6-8-18-62(60)67)54-29-33-56(34-30-54)75-42-58(79-66(73)52-14-10-12-46(4-2)40-52)44-77-64(71)50-25-21-48(22-26-50)36-38-69/h1-2,5-34,37-40,57-58H,35-36,41-44H2. The van der Waals surface area contributed by atoms with Crippen molar-refractivity contribution in [3.05, 3.63) is 261 Å². The van der Waals surface area contributed by atoms with Gasteiger partial charge in [0.2, 0.25) is 0 Å². The zero-order valence-corrected chi connectivity index (χ0v) is 42.6. The molecule has 8 aromatic carbocycles. The Balaban J connectivity index is 0.956. The molecule has 79 heavy (non-hydrogen) atoms. The van der Waals surface area contributed by atoms with Crippen LogP contribution in [0.5, 0.6) is 11.5 Å². The van der Waals surface area contributed by atoms with Crippen LogP contribution >= 0.6 is 0 Å². The predicted octanol–water partition coefficient (Wildman–Crippen LogP) is 10.4. The highest BCUT2D eigenvalue weighted by Crippen LogP contribution is 2.56. The number of hydrogen-bond acceptors (Lipinski definition) is 12. The summed E-state index contributed by atoms with van der Waals surface area (Å²) in [6.45, 7) is -1.01. The van der Waals surface area contributed by atoms with Crippen molar-refractivity contribution in [3.63, 3.8) is 0 Å². The van der Waals surface area contributed by atoms with Gasteiger partial charge in [-0.05, 0) is 129 Å². The van der Waals surface area contributed by atoms with Crippen LogP contribution in [0.1, 0.15) is 85.9 Å². The lowest BCUT2D eigenvalue weighted by atomic mass is 9.68. The fourth-order valence-corrected chi connectivity index (χ4v) is 9.40. The first kappa shape index (κ1) is 53.5. The molecule has 2 atom stereocenters. The van der Waals surface area contributed by atoms with E-state index in [0.717, 1.165) is 57.1 Å². The van der Waals surface area contributed by atoms with E-state index in [2.05, 4.69) is 36.1 Å². The van der Waals surface area contributed by atoms with Gasteiger partial charge in [0, 0.05) is 24.0 Å². The first-order valence-electron chi connectivity index (χ1n) is 25.2. The Morgan fingerprint density at radius 2 is 0.823 bits per heavy atom. The van der Waals surface area contributed by atoms with Gasteiger partial charge >= 0.3 is 23.9 Å². The third kappa shape index (κ3) is 12.4. The molecule has 390 valence electrons. The zero-order chi connectivity index (χ0) is 55.1. The SMILES string of the molecule is C#Cc1cccc(C(=O)OC(COC(=O)c2ccc(CC=O)cc2)COc2ccc(C3(c4ccc(OCC(COC(=O)c5ccc(CC=O)cc5)OC(=O)c5cccc(C#C)c5)cc4)c4ccccc4-c4ccccc43)cc2)c1. The molecule has 0 aromatic heterocycles. The van der Waals surface area contributed by atoms with Crippen LogP contribution < -0.4 is 9.47 Å². The molecular weight excluding hydrogens is 997 g/mol. The molecule has 0 amide bonds. The first-order chi connectivity index (χ1) is 38.6. The molecule has 0 bridgehead atoms. The lowest BCUT2D eigenvalue weighted by Gasteiger charge is -2.34. The van der Waals surface area contributed by atoms with Gasteiger partial charge in [-0.25, -0.2) is 19.2 Å². The highest BCUT2D eigenvalue weighted by atomic mass is 16.6. The number of benzene rings is 8. The smallest absolute Gasteiger partial charge is 0.338 e. The predicted molar refractivity (Wildman–Crippen MR) is 295 cm³/mol. The van der Waals surface area contributed by atoms with Gasteiger partial charge in [0.15, 0.2) is 12.2 Å². The summed E-state index contributed by atoms with van der Waals surface area (Å²) in [5, 5.41) is 0. The summed E-state index contributed by atoms with van der Waals surface area (Å²) in [5.74, 6) is 3.26. The molecule has 8 aromatic rings. The van der Waals surface area contributed by atoms with E-state index in [1.807, 2.05) is 72.8 Å². The Kier molecular flexibility index (Phi) is 17.0. The maximum absolute atomic E-state index is 13.5. The average Bonchev–Trinajstić information content (AvgIpc) is 3.13. The Morgan fingerprint density at radius 3 is 1.20 bits per heavy atom. The molecule has 0 heterocycles. The number of terminal acetylenes is 2. The van der Waals surface area contributed by atoms with E-state index in [4.69, 9.17) is 41.3 Å². The monoisotopic (exact) mass is 1050 g/mol. The highest BCUT2D eigenvalue weighted by molar-refractivity contribution is 5.92. The van der Waals surface area contributed by atoms with Crippen LogP contribution in [0.25, 0.3) is 11.1 Å². The Labute approximate surface area is 456 Å². The van der Waals surface area contributed by atoms with Gasteiger partial charge in [-0.3, -0.25) is 0 Å². The van der Waals surface area contributed by atoms with Gasteiger partial charge in [-0.15, -0.1) is 12.8 Å². The van der Waals surface area contributed by atoms with Crippen molar-refractivity contribution in [3.8, 4) is 47.3 Å². The molecule has 0 saturated heterocycles. The Hall–Kier alpha value is -10.3. The largest absolute Gasteiger partial charge is 0.490 e. The molecule has 0 radical (unpaired) electrons. The molecule has 0 fully saturated rings. The number of rotatable bonds is 22. The Morgan fingerprint density at radius 1 is 0.430 bits per heavy atom. The summed E-state index contributed by atoms with van der Waals surface area (Å²) in [6, 6.07) is 57.5. The molecule has 1 aliphatic carbocycles. The summed E-state index contributed by atoms with van der Waals surface area (Å²) >= 11 is 0. The fraction of sp³-hybridized carbons (Fsp3) is 0.134. The molecule has 9 rings (SSSR count). The third-order valence-corrected chi connectivity index (χ3v) is 13.3. The van der Waals surface area contributed by atoms with E-state index in [9.17, 15) is 28.8 Å².